The van der Waals surface area contributed by atoms with Gasteiger partial charge in [0.15, 0.2) is 0 Å². The van der Waals surface area contributed by atoms with Crippen molar-refractivity contribution in [3.05, 3.63) is 65.5 Å². The Hall–Kier alpha value is -2.67. The minimum absolute atomic E-state index is 0.277. The SMILES string of the molecule is N#Cc1cc(F)ccc1N=C1CCCN1Cc1ccccc1. The summed E-state index contributed by atoms with van der Waals surface area (Å²) in [5.41, 5.74) is 2.05. The highest BCUT2D eigenvalue weighted by Gasteiger charge is 2.19. The quantitative estimate of drug-likeness (QED) is 0.857. The van der Waals surface area contributed by atoms with Crippen molar-refractivity contribution in [2.75, 3.05) is 6.54 Å². The maximum atomic E-state index is 13.2. The normalized spacial score (nSPS) is 16.0. The molecule has 2 aromatic rings. The maximum Gasteiger partial charge on any atom is 0.124 e. The van der Waals surface area contributed by atoms with E-state index in [2.05, 4.69) is 22.0 Å². The Morgan fingerprint density at radius 1 is 1.18 bits per heavy atom. The number of rotatable bonds is 3. The van der Waals surface area contributed by atoms with Gasteiger partial charge in [-0.3, -0.25) is 0 Å². The molecule has 0 N–H and O–H groups in total. The van der Waals surface area contributed by atoms with E-state index in [1.807, 2.05) is 24.3 Å². The molecule has 4 heteroatoms. The molecular formula is C18H16FN3. The first-order valence-electron chi connectivity index (χ1n) is 7.32. The van der Waals surface area contributed by atoms with Crippen LogP contribution >= 0.6 is 0 Å². The second-order valence-electron chi connectivity index (χ2n) is 5.31. The van der Waals surface area contributed by atoms with Crippen LogP contribution < -0.4 is 0 Å². The van der Waals surface area contributed by atoms with Crippen molar-refractivity contribution in [2.45, 2.75) is 19.4 Å². The molecule has 0 spiro atoms. The molecule has 0 aromatic heterocycles. The molecule has 0 atom stereocenters. The van der Waals surface area contributed by atoms with Crippen LogP contribution in [0.15, 0.2) is 53.5 Å². The topological polar surface area (TPSA) is 39.4 Å². The predicted octanol–water partition coefficient (Wildman–Crippen LogP) is 4.02. The zero-order valence-corrected chi connectivity index (χ0v) is 12.2. The van der Waals surface area contributed by atoms with Crippen LogP contribution in [0, 0.1) is 17.1 Å². The second-order valence-corrected chi connectivity index (χ2v) is 5.31. The van der Waals surface area contributed by atoms with E-state index in [0.29, 0.717) is 5.69 Å². The zero-order valence-electron chi connectivity index (χ0n) is 12.2. The summed E-state index contributed by atoms with van der Waals surface area (Å²) in [4.78, 5) is 6.82. The first-order chi connectivity index (χ1) is 10.8. The molecule has 2 aromatic carbocycles. The molecule has 1 saturated heterocycles. The fourth-order valence-corrected chi connectivity index (χ4v) is 2.65. The van der Waals surface area contributed by atoms with E-state index in [9.17, 15) is 4.39 Å². The summed E-state index contributed by atoms with van der Waals surface area (Å²) >= 11 is 0. The second kappa shape index (κ2) is 6.40. The van der Waals surface area contributed by atoms with Crippen LogP contribution in [0.5, 0.6) is 0 Å². The number of amidine groups is 1. The van der Waals surface area contributed by atoms with Crippen molar-refractivity contribution in [3.8, 4) is 6.07 Å². The lowest BCUT2D eigenvalue weighted by molar-refractivity contribution is 0.448. The Morgan fingerprint density at radius 3 is 2.77 bits per heavy atom. The monoisotopic (exact) mass is 293 g/mol. The maximum absolute atomic E-state index is 13.2. The molecule has 1 aliphatic rings. The molecule has 1 heterocycles. The lowest BCUT2D eigenvalue weighted by Crippen LogP contribution is -2.24. The van der Waals surface area contributed by atoms with Crippen LogP contribution in [0.3, 0.4) is 0 Å². The third kappa shape index (κ3) is 3.15. The van der Waals surface area contributed by atoms with E-state index < -0.39 is 5.82 Å². The van der Waals surface area contributed by atoms with E-state index in [0.717, 1.165) is 31.8 Å². The Labute approximate surface area is 129 Å². The number of hydrogen-bond acceptors (Lipinski definition) is 2. The number of aliphatic imine (C=N–C) groups is 1. The summed E-state index contributed by atoms with van der Waals surface area (Å²) < 4.78 is 13.2. The minimum Gasteiger partial charge on any atom is -0.356 e. The van der Waals surface area contributed by atoms with Crippen LogP contribution in [0.4, 0.5) is 10.1 Å². The van der Waals surface area contributed by atoms with Gasteiger partial charge in [-0.2, -0.15) is 5.26 Å². The molecule has 3 nitrogen and oxygen atoms in total. The van der Waals surface area contributed by atoms with Crippen LogP contribution in [-0.4, -0.2) is 17.3 Å². The van der Waals surface area contributed by atoms with Gasteiger partial charge in [0.25, 0.3) is 0 Å². The van der Waals surface area contributed by atoms with E-state index >= 15 is 0 Å². The summed E-state index contributed by atoms with van der Waals surface area (Å²) in [5.74, 6) is 0.556. The van der Waals surface area contributed by atoms with E-state index in [4.69, 9.17) is 5.26 Å². The Morgan fingerprint density at radius 2 is 2.00 bits per heavy atom. The van der Waals surface area contributed by atoms with Crippen LogP contribution in [0.25, 0.3) is 0 Å². The van der Waals surface area contributed by atoms with Gasteiger partial charge in [-0.15, -0.1) is 0 Å². The summed E-state index contributed by atoms with van der Waals surface area (Å²) in [6.45, 7) is 1.76. The average Bonchev–Trinajstić information content (AvgIpc) is 2.97. The number of halogens is 1. The molecule has 0 aliphatic carbocycles. The van der Waals surface area contributed by atoms with E-state index in [-0.39, 0.29) is 5.56 Å². The summed E-state index contributed by atoms with van der Waals surface area (Å²) in [6.07, 6.45) is 1.93. The number of nitriles is 1. The van der Waals surface area contributed by atoms with Gasteiger partial charge in [0.05, 0.1) is 11.3 Å². The van der Waals surface area contributed by atoms with Gasteiger partial charge in [-0.05, 0) is 30.2 Å². The molecule has 0 amide bonds. The smallest absolute Gasteiger partial charge is 0.124 e. The van der Waals surface area contributed by atoms with E-state index in [1.54, 1.807) is 6.07 Å². The molecule has 22 heavy (non-hydrogen) atoms. The van der Waals surface area contributed by atoms with Crippen molar-refractivity contribution in [2.24, 2.45) is 4.99 Å². The highest BCUT2D eigenvalue weighted by Crippen LogP contribution is 2.24. The molecule has 1 aliphatic heterocycles. The van der Waals surface area contributed by atoms with Crippen molar-refractivity contribution in [1.29, 1.82) is 5.26 Å². The fourth-order valence-electron chi connectivity index (χ4n) is 2.65. The van der Waals surface area contributed by atoms with Crippen LogP contribution in [0.2, 0.25) is 0 Å². The van der Waals surface area contributed by atoms with Gasteiger partial charge in [0.2, 0.25) is 0 Å². The number of hydrogen-bond donors (Lipinski definition) is 0. The number of nitrogens with zero attached hydrogens (tertiary/aromatic N) is 3. The van der Waals surface area contributed by atoms with E-state index in [1.165, 1.54) is 17.7 Å². The lowest BCUT2D eigenvalue weighted by Gasteiger charge is -2.19. The molecule has 110 valence electrons. The van der Waals surface area contributed by atoms with Gasteiger partial charge in [0.1, 0.15) is 17.7 Å². The summed E-state index contributed by atoms with van der Waals surface area (Å²) in [5, 5.41) is 9.12. The molecule has 0 unspecified atom stereocenters. The average molecular weight is 293 g/mol. The first-order valence-corrected chi connectivity index (χ1v) is 7.32. The number of likely N-dealkylation sites (tertiary alicyclic amines) is 1. The third-order valence-corrected chi connectivity index (χ3v) is 3.74. The van der Waals surface area contributed by atoms with Gasteiger partial charge in [0, 0.05) is 19.5 Å². The van der Waals surface area contributed by atoms with Crippen molar-refractivity contribution < 1.29 is 4.39 Å². The highest BCUT2D eigenvalue weighted by molar-refractivity contribution is 5.87. The van der Waals surface area contributed by atoms with Crippen molar-refractivity contribution >= 4 is 11.5 Å². The molecule has 0 saturated carbocycles. The summed E-state index contributed by atoms with van der Waals surface area (Å²) in [7, 11) is 0. The highest BCUT2D eigenvalue weighted by atomic mass is 19.1. The van der Waals surface area contributed by atoms with Crippen molar-refractivity contribution in [3.63, 3.8) is 0 Å². The largest absolute Gasteiger partial charge is 0.356 e. The van der Waals surface area contributed by atoms with Crippen LogP contribution in [-0.2, 0) is 6.54 Å². The molecular weight excluding hydrogens is 277 g/mol. The van der Waals surface area contributed by atoms with Crippen molar-refractivity contribution in [1.82, 2.24) is 4.90 Å². The Balaban J connectivity index is 1.85. The Bertz CT molecular complexity index is 732. The van der Waals surface area contributed by atoms with Gasteiger partial charge in [-0.1, -0.05) is 30.3 Å². The molecule has 0 radical (unpaired) electrons. The predicted molar refractivity (Wildman–Crippen MR) is 84.3 cm³/mol. The van der Waals surface area contributed by atoms with Crippen LogP contribution in [0.1, 0.15) is 24.0 Å². The zero-order chi connectivity index (χ0) is 15.4. The summed E-state index contributed by atoms with van der Waals surface area (Å²) in [6, 6.07) is 16.4. The Kier molecular flexibility index (Phi) is 4.15. The molecule has 0 bridgehead atoms. The standard InChI is InChI=1S/C18H16FN3/c19-16-8-9-17(15(11-16)12-20)21-18-7-4-10-22(18)13-14-5-2-1-3-6-14/h1-3,5-6,8-9,11H,4,7,10,13H2. The van der Waals surface area contributed by atoms with Gasteiger partial charge < -0.3 is 4.90 Å². The first kappa shape index (κ1) is 14.3. The molecule has 1 fully saturated rings. The van der Waals surface area contributed by atoms with Gasteiger partial charge in [-0.25, -0.2) is 9.38 Å². The molecule has 3 rings (SSSR count). The third-order valence-electron chi connectivity index (χ3n) is 3.74. The van der Waals surface area contributed by atoms with Gasteiger partial charge >= 0.3 is 0 Å². The lowest BCUT2D eigenvalue weighted by atomic mass is 10.2. The number of benzene rings is 2. The minimum atomic E-state index is -0.409. The fraction of sp³-hybridized carbons (Fsp3) is 0.222.